The van der Waals surface area contributed by atoms with Crippen molar-refractivity contribution in [3.8, 4) is 6.07 Å². The first-order chi connectivity index (χ1) is 8.69. The number of benzene rings is 2. The fourth-order valence-corrected chi connectivity index (χ4v) is 2.05. The Balaban J connectivity index is 2.14. The summed E-state index contributed by atoms with van der Waals surface area (Å²) in [4.78, 5) is 0. The SMILES string of the molecule is N#Cc1cc(F)ccc1NCc1cccc(Br)c1. The van der Waals surface area contributed by atoms with Crippen LogP contribution >= 0.6 is 15.9 Å². The molecule has 0 aromatic heterocycles. The lowest BCUT2D eigenvalue weighted by atomic mass is 10.1. The second-order valence-electron chi connectivity index (χ2n) is 3.79. The fourth-order valence-electron chi connectivity index (χ4n) is 1.61. The van der Waals surface area contributed by atoms with E-state index in [4.69, 9.17) is 5.26 Å². The summed E-state index contributed by atoms with van der Waals surface area (Å²) in [5.41, 5.74) is 2.03. The Kier molecular flexibility index (Phi) is 3.96. The van der Waals surface area contributed by atoms with Crippen molar-refractivity contribution in [3.63, 3.8) is 0 Å². The summed E-state index contributed by atoms with van der Waals surface area (Å²) in [7, 11) is 0. The number of rotatable bonds is 3. The predicted molar refractivity (Wildman–Crippen MR) is 72.6 cm³/mol. The van der Waals surface area contributed by atoms with Crippen molar-refractivity contribution < 1.29 is 4.39 Å². The number of hydrogen-bond donors (Lipinski definition) is 1. The average molecular weight is 305 g/mol. The lowest BCUT2D eigenvalue weighted by Crippen LogP contribution is -2.01. The van der Waals surface area contributed by atoms with Crippen LogP contribution in [0.15, 0.2) is 46.9 Å². The van der Waals surface area contributed by atoms with Gasteiger partial charge < -0.3 is 5.32 Å². The zero-order valence-electron chi connectivity index (χ0n) is 9.45. The molecular weight excluding hydrogens is 295 g/mol. The summed E-state index contributed by atoms with van der Waals surface area (Å²) >= 11 is 3.40. The number of nitrogens with one attached hydrogen (secondary N) is 1. The molecule has 2 aromatic rings. The van der Waals surface area contributed by atoms with E-state index in [-0.39, 0.29) is 0 Å². The van der Waals surface area contributed by atoms with E-state index < -0.39 is 5.82 Å². The molecule has 4 heteroatoms. The van der Waals surface area contributed by atoms with E-state index in [0.29, 0.717) is 17.8 Å². The van der Waals surface area contributed by atoms with Gasteiger partial charge in [-0.25, -0.2) is 4.39 Å². The monoisotopic (exact) mass is 304 g/mol. The number of hydrogen-bond acceptors (Lipinski definition) is 2. The van der Waals surface area contributed by atoms with E-state index >= 15 is 0 Å². The van der Waals surface area contributed by atoms with Crippen molar-refractivity contribution in [2.24, 2.45) is 0 Å². The molecule has 1 N–H and O–H groups in total. The standard InChI is InChI=1S/C14H10BrFN2/c15-12-3-1-2-10(6-12)9-18-14-5-4-13(16)7-11(14)8-17/h1-7,18H,9H2. The van der Waals surface area contributed by atoms with Gasteiger partial charge in [-0.1, -0.05) is 28.1 Å². The number of nitrogens with zero attached hydrogens (tertiary/aromatic N) is 1. The van der Waals surface area contributed by atoms with E-state index in [1.807, 2.05) is 30.3 Å². The van der Waals surface area contributed by atoms with Gasteiger partial charge >= 0.3 is 0 Å². The van der Waals surface area contributed by atoms with Gasteiger partial charge in [0.15, 0.2) is 0 Å². The molecule has 0 bridgehead atoms. The third-order valence-electron chi connectivity index (χ3n) is 2.47. The highest BCUT2D eigenvalue weighted by atomic mass is 79.9. The van der Waals surface area contributed by atoms with Crippen LogP contribution in [0.4, 0.5) is 10.1 Å². The van der Waals surface area contributed by atoms with Gasteiger partial charge in [0.2, 0.25) is 0 Å². The molecule has 0 fully saturated rings. The van der Waals surface area contributed by atoms with E-state index in [1.165, 1.54) is 12.1 Å². The van der Waals surface area contributed by atoms with Crippen LogP contribution in [0.1, 0.15) is 11.1 Å². The molecule has 2 nitrogen and oxygen atoms in total. The van der Waals surface area contributed by atoms with Crippen LogP contribution in [0.25, 0.3) is 0 Å². The number of halogens is 2. The Hall–Kier alpha value is -1.86. The maximum Gasteiger partial charge on any atom is 0.124 e. The van der Waals surface area contributed by atoms with Gasteiger partial charge in [0.1, 0.15) is 11.9 Å². The Bertz CT molecular complexity index is 605. The summed E-state index contributed by atoms with van der Waals surface area (Å²) in [6.45, 7) is 0.583. The maximum absolute atomic E-state index is 13.0. The third-order valence-corrected chi connectivity index (χ3v) is 2.97. The van der Waals surface area contributed by atoms with Crippen LogP contribution in [-0.4, -0.2) is 0 Å². The van der Waals surface area contributed by atoms with Crippen LogP contribution in [0, 0.1) is 17.1 Å². The van der Waals surface area contributed by atoms with E-state index in [0.717, 1.165) is 10.0 Å². The molecule has 0 heterocycles. The van der Waals surface area contributed by atoms with Crippen LogP contribution in [0.5, 0.6) is 0 Å². The van der Waals surface area contributed by atoms with Gasteiger partial charge in [-0.05, 0) is 35.9 Å². The predicted octanol–water partition coefficient (Wildman–Crippen LogP) is 4.07. The Morgan fingerprint density at radius 1 is 1.22 bits per heavy atom. The second kappa shape index (κ2) is 5.65. The van der Waals surface area contributed by atoms with Gasteiger partial charge in [0, 0.05) is 11.0 Å². The molecule has 90 valence electrons. The van der Waals surface area contributed by atoms with Gasteiger partial charge in [0.05, 0.1) is 11.3 Å². The smallest absolute Gasteiger partial charge is 0.124 e. The van der Waals surface area contributed by atoms with Crippen LogP contribution in [0.3, 0.4) is 0 Å². The highest BCUT2D eigenvalue weighted by molar-refractivity contribution is 9.10. The van der Waals surface area contributed by atoms with Gasteiger partial charge in [-0.3, -0.25) is 0 Å². The van der Waals surface area contributed by atoms with E-state index in [2.05, 4.69) is 21.2 Å². The molecular formula is C14H10BrFN2. The van der Waals surface area contributed by atoms with Crippen LogP contribution in [-0.2, 0) is 6.54 Å². The minimum atomic E-state index is -0.403. The minimum Gasteiger partial charge on any atom is -0.380 e. The zero-order chi connectivity index (χ0) is 13.0. The van der Waals surface area contributed by atoms with Crippen molar-refractivity contribution in [1.29, 1.82) is 5.26 Å². The highest BCUT2D eigenvalue weighted by Crippen LogP contribution is 2.18. The van der Waals surface area contributed by atoms with Crippen molar-refractivity contribution in [1.82, 2.24) is 0 Å². The lowest BCUT2D eigenvalue weighted by Gasteiger charge is -2.08. The van der Waals surface area contributed by atoms with Crippen LogP contribution in [0.2, 0.25) is 0 Å². The molecule has 0 saturated heterocycles. The number of nitriles is 1. The lowest BCUT2D eigenvalue weighted by molar-refractivity contribution is 0.627. The molecule has 2 rings (SSSR count). The summed E-state index contributed by atoms with van der Waals surface area (Å²) in [6, 6.07) is 14.0. The van der Waals surface area contributed by atoms with Gasteiger partial charge in [-0.15, -0.1) is 0 Å². The molecule has 0 aliphatic heterocycles. The normalized spacial score (nSPS) is 9.83. The first kappa shape index (κ1) is 12.6. The van der Waals surface area contributed by atoms with Crippen molar-refractivity contribution in [2.75, 3.05) is 5.32 Å². The first-order valence-electron chi connectivity index (χ1n) is 5.37. The molecule has 18 heavy (non-hydrogen) atoms. The fraction of sp³-hybridized carbons (Fsp3) is 0.0714. The quantitative estimate of drug-likeness (QED) is 0.927. The molecule has 0 aliphatic carbocycles. The van der Waals surface area contributed by atoms with E-state index in [9.17, 15) is 4.39 Å². The number of anilines is 1. The van der Waals surface area contributed by atoms with Crippen molar-refractivity contribution >= 4 is 21.6 Å². The second-order valence-corrected chi connectivity index (χ2v) is 4.70. The topological polar surface area (TPSA) is 35.8 Å². The van der Waals surface area contributed by atoms with E-state index in [1.54, 1.807) is 6.07 Å². The molecule has 2 aromatic carbocycles. The molecule has 0 amide bonds. The van der Waals surface area contributed by atoms with Crippen molar-refractivity contribution in [2.45, 2.75) is 6.54 Å². The minimum absolute atomic E-state index is 0.310. The molecule has 0 spiro atoms. The first-order valence-corrected chi connectivity index (χ1v) is 6.16. The summed E-state index contributed by atoms with van der Waals surface area (Å²) < 4.78 is 14.0. The van der Waals surface area contributed by atoms with Gasteiger partial charge in [0.25, 0.3) is 0 Å². The van der Waals surface area contributed by atoms with Gasteiger partial charge in [-0.2, -0.15) is 5.26 Å². The van der Waals surface area contributed by atoms with Crippen LogP contribution < -0.4 is 5.32 Å². The largest absolute Gasteiger partial charge is 0.380 e. The summed E-state index contributed by atoms with van der Waals surface area (Å²) in [5, 5.41) is 12.0. The Labute approximate surface area is 113 Å². The Morgan fingerprint density at radius 3 is 2.78 bits per heavy atom. The van der Waals surface area contributed by atoms with Crippen molar-refractivity contribution in [3.05, 3.63) is 63.9 Å². The molecule has 0 saturated carbocycles. The summed E-state index contributed by atoms with van der Waals surface area (Å²) in [5.74, 6) is -0.403. The molecule has 0 atom stereocenters. The highest BCUT2D eigenvalue weighted by Gasteiger charge is 2.03. The third kappa shape index (κ3) is 3.08. The maximum atomic E-state index is 13.0. The Morgan fingerprint density at radius 2 is 2.06 bits per heavy atom. The molecule has 0 radical (unpaired) electrons. The zero-order valence-corrected chi connectivity index (χ0v) is 11.0. The average Bonchev–Trinajstić information content (AvgIpc) is 2.37. The summed E-state index contributed by atoms with van der Waals surface area (Å²) in [6.07, 6.45) is 0. The molecule has 0 unspecified atom stereocenters. The molecule has 0 aliphatic rings.